The Balaban J connectivity index is 1.75. The van der Waals surface area contributed by atoms with Crippen molar-refractivity contribution in [2.24, 2.45) is 5.16 Å². The Hall–Kier alpha value is -2.98. The van der Waals surface area contributed by atoms with E-state index in [1.165, 1.54) is 31.2 Å². The summed E-state index contributed by atoms with van der Waals surface area (Å²) in [6, 6.07) is -1.05. The Morgan fingerprint density at radius 2 is 1.97 bits per heavy atom. The van der Waals surface area contributed by atoms with Gasteiger partial charge in [0.2, 0.25) is 0 Å². The predicted octanol–water partition coefficient (Wildman–Crippen LogP) is 1.39. The van der Waals surface area contributed by atoms with Gasteiger partial charge in [0.25, 0.3) is 11.8 Å². The van der Waals surface area contributed by atoms with Crippen molar-refractivity contribution in [3.05, 3.63) is 22.3 Å². The van der Waals surface area contributed by atoms with Crippen molar-refractivity contribution >= 4 is 65.4 Å². The monoisotopic (exact) mass is 591 g/mol. The van der Waals surface area contributed by atoms with Crippen molar-refractivity contribution in [3.8, 4) is 0 Å². The molecule has 0 aliphatic carbocycles. The molecular formula is C20H26N5O10PS2. The maximum atomic E-state index is 13.1. The third kappa shape index (κ3) is 6.53. The summed E-state index contributed by atoms with van der Waals surface area (Å²) < 4.78 is 28.0. The van der Waals surface area contributed by atoms with Crippen LogP contribution in [-0.2, 0) is 42.4 Å². The number of rotatable bonds is 13. The lowest BCUT2D eigenvalue weighted by molar-refractivity contribution is -0.150. The van der Waals surface area contributed by atoms with E-state index < -0.39 is 42.9 Å². The fourth-order valence-electron chi connectivity index (χ4n) is 3.48. The zero-order chi connectivity index (χ0) is 28.0. The Bertz CT molecular complexity index is 1210. The molecule has 3 rings (SSSR count). The van der Waals surface area contributed by atoms with Crippen LogP contribution in [0.1, 0.15) is 26.5 Å². The summed E-state index contributed by atoms with van der Waals surface area (Å²) in [5.41, 5.74) is -0.214. The lowest BCUT2D eigenvalue weighted by atomic mass is 10.0. The standard InChI is InChI=1S/C20H26N5O10PS2/c1-5-34-36(31,35-6-2)24-20-21-12(9-38-20)13(23-32-4)16(27)22-14-17(28)25-15(19(29)30)11(7-33-10(3)26)8-37-18(14)25/h9,14,18H,5-8H2,1-4H3,(H,22,27)(H,29,30)(H,21,24,31)/b23-13-/t14-,18-/m1/s1. The van der Waals surface area contributed by atoms with Gasteiger partial charge < -0.3 is 20.0 Å². The summed E-state index contributed by atoms with van der Waals surface area (Å²) in [5.74, 6) is -3.21. The molecule has 3 heterocycles. The van der Waals surface area contributed by atoms with E-state index in [9.17, 15) is 28.8 Å². The molecule has 1 saturated heterocycles. The van der Waals surface area contributed by atoms with Gasteiger partial charge in [-0.15, -0.1) is 23.1 Å². The van der Waals surface area contributed by atoms with E-state index in [-0.39, 0.29) is 53.4 Å². The zero-order valence-electron chi connectivity index (χ0n) is 20.8. The second-order valence-corrected chi connectivity index (χ2v) is 11.2. The average molecular weight is 592 g/mol. The van der Waals surface area contributed by atoms with E-state index in [1.54, 1.807) is 13.8 Å². The number of carbonyl (C=O) groups is 4. The molecule has 1 aromatic heterocycles. The first-order valence-electron chi connectivity index (χ1n) is 11.1. The zero-order valence-corrected chi connectivity index (χ0v) is 23.3. The van der Waals surface area contributed by atoms with Crippen LogP contribution in [0.4, 0.5) is 5.13 Å². The van der Waals surface area contributed by atoms with Crippen molar-refractivity contribution < 1.29 is 47.5 Å². The molecule has 0 spiro atoms. The minimum Gasteiger partial charge on any atom is -0.477 e. The predicted molar refractivity (Wildman–Crippen MR) is 136 cm³/mol. The molecule has 15 nitrogen and oxygen atoms in total. The van der Waals surface area contributed by atoms with Crippen molar-refractivity contribution in [3.63, 3.8) is 0 Å². The topological polar surface area (TPSA) is 195 Å². The minimum atomic E-state index is -3.68. The first-order chi connectivity index (χ1) is 18.0. The third-order valence-electron chi connectivity index (χ3n) is 4.96. The van der Waals surface area contributed by atoms with Crippen LogP contribution in [-0.4, -0.2) is 88.6 Å². The third-order valence-corrected chi connectivity index (χ3v) is 8.89. The molecule has 0 radical (unpaired) electrons. The van der Waals surface area contributed by atoms with Gasteiger partial charge in [-0.2, -0.15) is 0 Å². The second kappa shape index (κ2) is 12.7. The highest BCUT2D eigenvalue weighted by atomic mass is 32.2. The van der Waals surface area contributed by atoms with Crippen LogP contribution >= 0.6 is 30.8 Å². The van der Waals surface area contributed by atoms with E-state index in [0.717, 1.165) is 16.2 Å². The van der Waals surface area contributed by atoms with Crippen molar-refractivity contribution in [1.29, 1.82) is 0 Å². The highest BCUT2D eigenvalue weighted by molar-refractivity contribution is 8.00. The normalized spacial score (nSPS) is 19.4. The number of anilines is 1. The number of esters is 1. The van der Waals surface area contributed by atoms with Crippen LogP contribution < -0.4 is 10.4 Å². The summed E-state index contributed by atoms with van der Waals surface area (Å²) in [5, 5.41) is 19.4. The number of nitrogens with zero attached hydrogens (tertiary/aromatic N) is 3. The molecule has 2 aliphatic rings. The summed E-state index contributed by atoms with van der Waals surface area (Å²) in [6.45, 7) is 4.47. The first kappa shape index (κ1) is 29.6. The Morgan fingerprint density at radius 3 is 2.55 bits per heavy atom. The number of hydrogen-bond acceptors (Lipinski definition) is 13. The fraction of sp³-hybridized carbons (Fsp3) is 0.500. The molecule has 3 N–H and O–H groups in total. The SMILES string of the molecule is CCOP(=O)(Nc1nc(/C(=N/OC)C(=O)N[C@@H]2C(=O)N3C(C(=O)O)=C(COC(C)=O)CS[C@H]23)cs1)OCC. The second-order valence-electron chi connectivity index (χ2n) is 7.50. The number of aromatic nitrogens is 1. The molecular weight excluding hydrogens is 565 g/mol. The smallest absolute Gasteiger partial charge is 0.434 e. The lowest BCUT2D eigenvalue weighted by Gasteiger charge is -2.49. The molecule has 18 heteroatoms. The maximum absolute atomic E-state index is 13.1. The summed E-state index contributed by atoms with van der Waals surface area (Å²) in [6.07, 6.45) is 0. The lowest BCUT2D eigenvalue weighted by Crippen LogP contribution is -2.71. The van der Waals surface area contributed by atoms with Gasteiger partial charge in [0.15, 0.2) is 10.8 Å². The van der Waals surface area contributed by atoms with Gasteiger partial charge in [0.1, 0.15) is 36.5 Å². The average Bonchev–Trinajstić information content (AvgIpc) is 3.31. The molecule has 1 aromatic rings. The van der Waals surface area contributed by atoms with Crippen LogP contribution in [0, 0.1) is 0 Å². The highest BCUT2D eigenvalue weighted by Gasteiger charge is 2.54. The van der Waals surface area contributed by atoms with Crippen molar-refractivity contribution in [2.45, 2.75) is 32.2 Å². The first-order valence-corrected chi connectivity index (χ1v) is 14.6. The Morgan fingerprint density at radius 1 is 1.29 bits per heavy atom. The van der Waals surface area contributed by atoms with E-state index in [4.69, 9.17) is 18.6 Å². The van der Waals surface area contributed by atoms with Crippen LogP contribution in [0.2, 0.25) is 0 Å². The number of fused-ring (bicyclic) bond motifs is 1. The molecule has 2 aliphatic heterocycles. The molecule has 2 amide bonds. The number of carbonyl (C=O) groups excluding carboxylic acids is 3. The molecule has 208 valence electrons. The molecule has 0 aromatic carbocycles. The molecule has 0 saturated carbocycles. The van der Waals surface area contributed by atoms with Crippen LogP contribution in [0.25, 0.3) is 0 Å². The van der Waals surface area contributed by atoms with E-state index in [2.05, 4.69) is 20.5 Å². The van der Waals surface area contributed by atoms with Gasteiger partial charge in [-0.3, -0.25) is 33.4 Å². The van der Waals surface area contributed by atoms with E-state index in [0.29, 0.717) is 0 Å². The summed E-state index contributed by atoms with van der Waals surface area (Å²) in [7, 11) is -2.46. The summed E-state index contributed by atoms with van der Waals surface area (Å²) in [4.78, 5) is 59.0. The largest absolute Gasteiger partial charge is 0.477 e. The van der Waals surface area contributed by atoms with Gasteiger partial charge >= 0.3 is 19.7 Å². The molecule has 0 unspecified atom stereocenters. The number of nitrogens with one attached hydrogen (secondary N) is 2. The fourth-order valence-corrected chi connectivity index (χ4v) is 7.06. The van der Waals surface area contributed by atoms with Crippen molar-refractivity contribution in [2.75, 3.05) is 37.8 Å². The number of carboxylic acids is 1. The van der Waals surface area contributed by atoms with E-state index in [1.807, 2.05) is 0 Å². The molecule has 1 fully saturated rings. The van der Waals surface area contributed by atoms with Gasteiger partial charge in [0, 0.05) is 23.6 Å². The number of hydrogen-bond donors (Lipinski definition) is 3. The molecule has 0 bridgehead atoms. The summed E-state index contributed by atoms with van der Waals surface area (Å²) >= 11 is 2.22. The Labute approximate surface area is 225 Å². The molecule has 2 atom stereocenters. The van der Waals surface area contributed by atoms with Gasteiger partial charge in [-0.1, -0.05) is 5.16 Å². The minimum absolute atomic E-state index is 0.0612. The number of β-lactam (4-membered cyclic amide) rings is 1. The van der Waals surface area contributed by atoms with Crippen LogP contribution in [0.5, 0.6) is 0 Å². The number of aliphatic carboxylic acids is 1. The number of amides is 2. The van der Waals surface area contributed by atoms with E-state index >= 15 is 0 Å². The van der Waals surface area contributed by atoms with Crippen LogP contribution in [0.15, 0.2) is 21.8 Å². The highest BCUT2D eigenvalue weighted by Crippen LogP contribution is 2.48. The van der Waals surface area contributed by atoms with Gasteiger partial charge in [-0.05, 0) is 13.8 Å². The number of thiazole rings is 1. The number of thioether (sulfide) groups is 1. The van der Waals surface area contributed by atoms with Gasteiger partial charge in [0.05, 0.1) is 13.2 Å². The van der Waals surface area contributed by atoms with Gasteiger partial charge in [-0.25, -0.2) is 14.3 Å². The van der Waals surface area contributed by atoms with Crippen LogP contribution in [0.3, 0.4) is 0 Å². The number of oxime groups is 1. The maximum Gasteiger partial charge on any atom is 0.434 e. The number of ether oxygens (including phenoxy) is 1. The Kier molecular flexibility index (Phi) is 9.89. The molecule has 38 heavy (non-hydrogen) atoms. The quantitative estimate of drug-likeness (QED) is 0.0980. The number of carboxylic acid groups (broad SMARTS) is 1. The van der Waals surface area contributed by atoms with Crippen molar-refractivity contribution in [1.82, 2.24) is 15.2 Å².